The Morgan fingerprint density at radius 3 is 2.24 bits per heavy atom. The highest BCUT2D eigenvalue weighted by molar-refractivity contribution is 7.17. The molecule has 150 valence electrons. The minimum atomic E-state index is 0.785. The number of rotatable bonds is 9. The van der Waals surface area contributed by atoms with Crippen LogP contribution < -0.4 is 4.90 Å². The van der Waals surface area contributed by atoms with Crippen molar-refractivity contribution >= 4 is 23.3 Å². The minimum Gasteiger partial charge on any atom is -0.372 e. The Bertz CT molecular complexity index is 996. The summed E-state index contributed by atoms with van der Waals surface area (Å²) in [6, 6.07) is 17.7. The lowest BCUT2D eigenvalue weighted by atomic mass is 10.0. The molecule has 2 nitrogen and oxygen atoms in total. The van der Waals surface area contributed by atoms with E-state index in [0.717, 1.165) is 35.6 Å². The summed E-state index contributed by atoms with van der Waals surface area (Å²) in [7, 11) is 0. The van der Waals surface area contributed by atoms with E-state index in [9.17, 15) is 4.79 Å². The van der Waals surface area contributed by atoms with E-state index in [2.05, 4.69) is 61.2 Å². The molecular formula is C26H29NOS. The Balaban J connectivity index is 1.60. The van der Waals surface area contributed by atoms with Crippen LogP contribution in [0.2, 0.25) is 0 Å². The molecular weight excluding hydrogens is 374 g/mol. The van der Waals surface area contributed by atoms with Crippen LogP contribution >= 0.6 is 11.3 Å². The van der Waals surface area contributed by atoms with Gasteiger partial charge in [-0.2, -0.15) is 0 Å². The lowest BCUT2D eigenvalue weighted by Crippen LogP contribution is -2.25. The van der Waals surface area contributed by atoms with Crippen molar-refractivity contribution in [3.05, 3.63) is 64.5 Å². The number of aldehydes is 1. The zero-order valence-corrected chi connectivity index (χ0v) is 18.2. The fourth-order valence-electron chi connectivity index (χ4n) is 4.19. The van der Waals surface area contributed by atoms with Crippen LogP contribution in [0.3, 0.4) is 0 Å². The average molecular weight is 404 g/mol. The zero-order chi connectivity index (χ0) is 20.2. The number of hydrogen-bond acceptors (Lipinski definition) is 3. The SMILES string of the molecule is CCCCN(CCCC)c1ccc2c(c1)Cc1cc(-c3ccc(C=O)s3)ccc1-2. The van der Waals surface area contributed by atoms with E-state index in [4.69, 9.17) is 0 Å². The van der Waals surface area contributed by atoms with Gasteiger partial charge in [-0.3, -0.25) is 4.79 Å². The number of unbranched alkanes of at least 4 members (excludes halogenated alkanes) is 2. The monoisotopic (exact) mass is 403 g/mol. The van der Waals surface area contributed by atoms with E-state index in [-0.39, 0.29) is 0 Å². The van der Waals surface area contributed by atoms with Gasteiger partial charge in [-0.25, -0.2) is 0 Å². The summed E-state index contributed by atoms with van der Waals surface area (Å²) in [6.07, 6.45) is 6.88. The van der Waals surface area contributed by atoms with E-state index < -0.39 is 0 Å². The maximum atomic E-state index is 11.0. The first-order valence-electron chi connectivity index (χ1n) is 10.8. The highest BCUT2D eigenvalue weighted by atomic mass is 32.1. The molecule has 2 aromatic carbocycles. The van der Waals surface area contributed by atoms with Crippen molar-refractivity contribution in [2.45, 2.75) is 46.0 Å². The van der Waals surface area contributed by atoms with Gasteiger partial charge in [0.1, 0.15) is 0 Å². The number of hydrogen-bond donors (Lipinski definition) is 0. The van der Waals surface area contributed by atoms with Crippen LogP contribution in [-0.2, 0) is 6.42 Å². The van der Waals surface area contributed by atoms with Crippen LogP contribution in [-0.4, -0.2) is 19.4 Å². The van der Waals surface area contributed by atoms with Crippen molar-refractivity contribution in [2.75, 3.05) is 18.0 Å². The summed E-state index contributed by atoms with van der Waals surface area (Å²) in [5, 5.41) is 0. The van der Waals surface area contributed by atoms with Gasteiger partial charge in [-0.05, 0) is 77.4 Å². The molecule has 0 N–H and O–H groups in total. The molecule has 1 heterocycles. The van der Waals surface area contributed by atoms with Gasteiger partial charge in [0, 0.05) is 23.7 Å². The maximum absolute atomic E-state index is 11.0. The third-order valence-electron chi connectivity index (χ3n) is 5.82. The van der Waals surface area contributed by atoms with Gasteiger partial charge in [-0.1, -0.05) is 44.9 Å². The number of nitrogens with zero attached hydrogens (tertiary/aromatic N) is 1. The van der Waals surface area contributed by atoms with Crippen molar-refractivity contribution in [3.8, 4) is 21.6 Å². The van der Waals surface area contributed by atoms with E-state index in [1.54, 1.807) is 11.3 Å². The lowest BCUT2D eigenvalue weighted by molar-refractivity contribution is 0.112. The van der Waals surface area contributed by atoms with Crippen LogP contribution in [0.25, 0.3) is 21.6 Å². The summed E-state index contributed by atoms with van der Waals surface area (Å²) >= 11 is 1.56. The van der Waals surface area contributed by atoms with Crippen molar-refractivity contribution < 1.29 is 4.79 Å². The quantitative estimate of drug-likeness (QED) is 0.275. The number of thiophene rings is 1. The molecule has 0 amide bonds. The molecule has 0 radical (unpaired) electrons. The molecule has 0 spiro atoms. The van der Waals surface area contributed by atoms with Gasteiger partial charge in [0.2, 0.25) is 0 Å². The predicted octanol–water partition coefficient (Wildman–Crippen LogP) is 7.21. The van der Waals surface area contributed by atoms with Crippen LogP contribution in [0, 0.1) is 0 Å². The summed E-state index contributed by atoms with van der Waals surface area (Å²) in [6.45, 7) is 6.81. The third-order valence-corrected chi connectivity index (χ3v) is 6.88. The Morgan fingerprint density at radius 1 is 0.897 bits per heavy atom. The molecule has 4 rings (SSSR count). The number of carbonyl (C=O) groups excluding carboxylic acids is 1. The molecule has 0 aliphatic heterocycles. The molecule has 3 aromatic rings. The molecule has 0 saturated heterocycles. The molecule has 0 atom stereocenters. The van der Waals surface area contributed by atoms with Crippen molar-refractivity contribution in [1.29, 1.82) is 0 Å². The van der Waals surface area contributed by atoms with Gasteiger partial charge in [0.15, 0.2) is 6.29 Å². The second kappa shape index (κ2) is 8.96. The van der Waals surface area contributed by atoms with Gasteiger partial charge in [0.05, 0.1) is 4.88 Å². The number of anilines is 1. The molecule has 3 heteroatoms. The molecule has 1 aliphatic rings. The van der Waals surface area contributed by atoms with E-state index in [1.165, 1.54) is 59.2 Å². The number of fused-ring (bicyclic) bond motifs is 3. The highest BCUT2D eigenvalue weighted by Gasteiger charge is 2.20. The molecule has 29 heavy (non-hydrogen) atoms. The second-order valence-electron chi connectivity index (χ2n) is 7.90. The smallest absolute Gasteiger partial charge is 0.160 e. The average Bonchev–Trinajstić information content (AvgIpc) is 3.37. The minimum absolute atomic E-state index is 0.785. The Morgan fingerprint density at radius 2 is 1.59 bits per heavy atom. The second-order valence-corrected chi connectivity index (χ2v) is 9.02. The first-order valence-corrected chi connectivity index (χ1v) is 11.6. The molecule has 0 unspecified atom stereocenters. The fraction of sp³-hybridized carbons (Fsp3) is 0.346. The first-order chi connectivity index (χ1) is 14.2. The third kappa shape index (κ3) is 4.16. The van der Waals surface area contributed by atoms with Crippen LogP contribution in [0.15, 0.2) is 48.5 Å². The molecule has 0 bridgehead atoms. The van der Waals surface area contributed by atoms with E-state index in [1.807, 2.05) is 6.07 Å². The Labute approximate surface area is 178 Å². The van der Waals surface area contributed by atoms with Crippen molar-refractivity contribution in [2.24, 2.45) is 0 Å². The standard InChI is InChI=1S/C26H29NOS/c1-3-5-13-27(14-6-4-2)22-8-11-25-21(17-22)16-20-15-19(7-10-24(20)25)26-12-9-23(18-28)29-26/h7-12,15,17-18H,3-6,13-14,16H2,1-2H3. The molecule has 0 fully saturated rings. The fourth-order valence-corrected chi connectivity index (χ4v) is 5.01. The van der Waals surface area contributed by atoms with Crippen LogP contribution in [0.4, 0.5) is 5.69 Å². The maximum Gasteiger partial charge on any atom is 0.160 e. The van der Waals surface area contributed by atoms with Gasteiger partial charge in [0.25, 0.3) is 0 Å². The van der Waals surface area contributed by atoms with Crippen LogP contribution in [0.1, 0.15) is 60.3 Å². The van der Waals surface area contributed by atoms with Gasteiger partial charge < -0.3 is 4.90 Å². The number of benzene rings is 2. The summed E-state index contributed by atoms with van der Waals surface area (Å²) in [5.41, 5.74) is 8.14. The summed E-state index contributed by atoms with van der Waals surface area (Å²) in [4.78, 5) is 15.5. The predicted molar refractivity (Wildman–Crippen MR) is 125 cm³/mol. The molecule has 1 aliphatic carbocycles. The molecule has 1 aromatic heterocycles. The van der Waals surface area contributed by atoms with E-state index >= 15 is 0 Å². The topological polar surface area (TPSA) is 20.3 Å². The Hall–Kier alpha value is -2.39. The number of carbonyl (C=O) groups is 1. The lowest BCUT2D eigenvalue weighted by Gasteiger charge is -2.25. The normalized spacial score (nSPS) is 11.9. The van der Waals surface area contributed by atoms with E-state index in [0.29, 0.717) is 0 Å². The summed E-state index contributed by atoms with van der Waals surface area (Å²) < 4.78 is 0. The van der Waals surface area contributed by atoms with Gasteiger partial charge in [-0.15, -0.1) is 11.3 Å². The zero-order valence-electron chi connectivity index (χ0n) is 17.4. The first kappa shape index (κ1) is 19.9. The summed E-state index contributed by atoms with van der Waals surface area (Å²) in [5.74, 6) is 0. The van der Waals surface area contributed by atoms with Crippen molar-refractivity contribution in [1.82, 2.24) is 0 Å². The largest absolute Gasteiger partial charge is 0.372 e. The van der Waals surface area contributed by atoms with Gasteiger partial charge >= 0.3 is 0 Å². The van der Waals surface area contributed by atoms with Crippen LogP contribution in [0.5, 0.6) is 0 Å². The Kier molecular flexibility index (Phi) is 6.15. The highest BCUT2D eigenvalue weighted by Crippen LogP contribution is 2.41. The van der Waals surface area contributed by atoms with Crippen molar-refractivity contribution in [3.63, 3.8) is 0 Å². The molecule has 0 saturated carbocycles.